The molecule has 0 saturated heterocycles. The van der Waals surface area contributed by atoms with Crippen LogP contribution in [-0.4, -0.2) is 35.2 Å². The Morgan fingerprint density at radius 2 is 2.00 bits per heavy atom. The van der Waals surface area contributed by atoms with Crippen molar-refractivity contribution in [1.29, 1.82) is 0 Å². The molecule has 1 aromatic carbocycles. The highest BCUT2D eigenvalue weighted by Crippen LogP contribution is 2.11. The first kappa shape index (κ1) is 18.2. The molecule has 1 atom stereocenters. The molecule has 0 aliphatic heterocycles. The van der Waals surface area contributed by atoms with E-state index in [1.54, 1.807) is 6.26 Å². The Hall–Kier alpha value is -2.11. The quantitative estimate of drug-likeness (QED) is 0.678. The summed E-state index contributed by atoms with van der Waals surface area (Å²) in [5, 5.41) is 10.2. The maximum absolute atomic E-state index is 11.4. The van der Waals surface area contributed by atoms with Crippen molar-refractivity contribution in [3.05, 3.63) is 60.1 Å². The summed E-state index contributed by atoms with van der Waals surface area (Å²) >= 11 is 0. The zero-order valence-corrected chi connectivity index (χ0v) is 14.1. The van der Waals surface area contributed by atoms with Crippen molar-refractivity contribution in [2.45, 2.75) is 39.0 Å². The molecule has 1 heterocycles. The highest BCUT2D eigenvalue weighted by Gasteiger charge is 2.15. The molecule has 0 amide bonds. The zero-order chi connectivity index (χ0) is 17.2. The van der Waals surface area contributed by atoms with Gasteiger partial charge in [0, 0.05) is 19.5 Å². The van der Waals surface area contributed by atoms with Gasteiger partial charge in [-0.05, 0) is 24.1 Å². The van der Waals surface area contributed by atoms with Crippen LogP contribution in [0.1, 0.15) is 31.1 Å². The SMILES string of the molecule is CCCC(=O)OC[C@H](O)CN(Cc1ccccc1)Cc1ccco1. The van der Waals surface area contributed by atoms with E-state index in [4.69, 9.17) is 9.15 Å². The van der Waals surface area contributed by atoms with Crippen LogP contribution >= 0.6 is 0 Å². The second-order valence-corrected chi connectivity index (χ2v) is 5.82. The van der Waals surface area contributed by atoms with Gasteiger partial charge < -0.3 is 14.3 Å². The number of hydrogen-bond acceptors (Lipinski definition) is 5. The van der Waals surface area contributed by atoms with E-state index in [9.17, 15) is 9.90 Å². The number of aliphatic hydroxyl groups excluding tert-OH is 1. The summed E-state index contributed by atoms with van der Waals surface area (Å²) in [6, 6.07) is 13.8. The van der Waals surface area contributed by atoms with Crippen molar-refractivity contribution in [2.24, 2.45) is 0 Å². The molecule has 0 bridgehead atoms. The van der Waals surface area contributed by atoms with Gasteiger partial charge in [0.25, 0.3) is 0 Å². The molecule has 2 aromatic rings. The number of aliphatic hydroxyl groups is 1. The van der Waals surface area contributed by atoms with E-state index in [0.717, 1.165) is 17.7 Å². The normalized spacial score (nSPS) is 12.3. The van der Waals surface area contributed by atoms with Crippen LogP contribution in [0.25, 0.3) is 0 Å². The van der Waals surface area contributed by atoms with Crippen LogP contribution < -0.4 is 0 Å². The van der Waals surface area contributed by atoms with Crippen molar-refractivity contribution in [3.8, 4) is 0 Å². The van der Waals surface area contributed by atoms with Gasteiger partial charge in [-0.3, -0.25) is 9.69 Å². The molecule has 0 aliphatic carbocycles. The molecule has 0 aliphatic rings. The van der Waals surface area contributed by atoms with Gasteiger partial charge in [0.1, 0.15) is 18.5 Å². The van der Waals surface area contributed by atoms with Crippen LogP contribution in [0.2, 0.25) is 0 Å². The van der Waals surface area contributed by atoms with Gasteiger partial charge in [-0.2, -0.15) is 0 Å². The molecule has 0 spiro atoms. The van der Waals surface area contributed by atoms with E-state index in [2.05, 4.69) is 4.90 Å². The molecule has 24 heavy (non-hydrogen) atoms. The summed E-state index contributed by atoms with van der Waals surface area (Å²) < 4.78 is 10.5. The molecule has 5 nitrogen and oxygen atoms in total. The average molecular weight is 331 g/mol. The lowest BCUT2D eigenvalue weighted by Crippen LogP contribution is -2.34. The lowest BCUT2D eigenvalue weighted by atomic mass is 10.2. The minimum atomic E-state index is -0.732. The van der Waals surface area contributed by atoms with Gasteiger partial charge in [0.2, 0.25) is 0 Å². The standard InChI is InChI=1S/C19H25NO4/c1-2-7-19(22)24-15-17(21)13-20(14-18-10-6-11-23-18)12-16-8-4-3-5-9-16/h3-6,8-11,17,21H,2,7,12-15H2,1H3/t17-/m1/s1. The summed E-state index contributed by atoms with van der Waals surface area (Å²) in [4.78, 5) is 13.5. The van der Waals surface area contributed by atoms with Crippen LogP contribution in [0.15, 0.2) is 53.1 Å². The average Bonchev–Trinajstić information content (AvgIpc) is 3.07. The summed E-state index contributed by atoms with van der Waals surface area (Å²) in [5.74, 6) is 0.568. The highest BCUT2D eigenvalue weighted by atomic mass is 16.5. The maximum Gasteiger partial charge on any atom is 0.305 e. The molecule has 2 rings (SSSR count). The largest absolute Gasteiger partial charge is 0.468 e. The van der Waals surface area contributed by atoms with Crippen molar-refractivity contribution in [3.63, 3.8) is 0 Å². The molecule has 1 N–H and O–H groups in total. The van der Waals surface area contributed by atoms with Gasteiger partial charge in [-0.1, -0.05) is 37.3 Å². The second-order valence-electron chi connectivity index (χ2n) is 5.82. The smallest absolute Gasteiger partial charge is 0.305 e. The number of carbonyl (C=O) groups is 1. The molecule has 0 radical (unpaired) electrons. The number of ether oxygens (including phenoxy) is 1. The van der Waals surface area contributed by atoms with Gasteiger partial charge in [-0.25, -0.2) is 0 Å². The van der Waals surface area contributed by atoms with E-state index in [1.165, 1.54) is 0 Å². The van der Waals surface area contributed by atoms with E-state index in [0.29, 0.717) is 26.1 Å². The minimum absolute atomic E-state index is 0.0161. The topological polar surface area (TPSA) is 62.9 Å². The first-order valence-electron chi connectivity index (χ1n) is 8.29. The Labute approximate surface area is 142 Å². The van der Waals surface area contributed by atoms with E-state index in [1.807, 2.05) is 49.4 Å². The highest BCUT2D eigenvalue weighted by molar-refractivity contribution is 5.69. The van der Waals surface area contributed by atoms with Crippen LogP contribution in [0.4, 0.5) is 0 Å². The Morgan fingerprint density at radius 3 is 2.67 bits per heavy atom. The van der Waals surface area contributed by atoms with Gasteiger partial charge in [-0.15, -0.1) is 0 Å². The zero-order valence-electron chi connectivity index (χ0n) is 14.1. The number of furan rings is 1. The lowest BCUT2D eigenvalue weighted by Gasteiger charge is -2.24. The van der Waals surface area contributed by atoms with E-state index < -0.39 is 6.10 Å². The number of carbonyl (C=O) groups excluding carboxylic acids is 1. The first-order chi connectivity index (χ1) is 11.7. The van der Waals surface area contributed by atoms with Gasteiger partial charge in [0.15, 0.2) is 0 Å². The number of benzene rings is 1. The van der Waals surface area contributed by atoms with Crippen molar-refractivity contribution in [1.82, 2.24) is 4.90 Å². The summed E-state index contributed by atoms with van der Waals surface area (Å²) in [6.07, 6.45) is 2.03. The Kier molecular flexibility index (Phi) is 7.52. The Morgan fingerprint density at radius 1 is 1.21 bits per heavy atom. The fourth-order valence-corrected chi connectivity index (χ4v) is 2.47. The number of esters is 1. The van der Waals surface area contributed by atoms with Gasteiger partial charge in [0.05, 0.1) is 12.8 Å². The Bertz CT molecular complexity index is 583. The number of rotatable bonds is 10. The van der Waals surface area contributed by atoms with E-state index >= 15 is 0 Å². The van der Waals surface area contributed by atoms with Gasteiger partial charge >= 0.3 is 5.97 Å². The van der Waals surface area contributed by atoms with Crippen molar-refractivity contribution >= 4 is 5.97 Å². The number of nitrogens with zero attached hydrogens (tertiary/aromatic N) is 1. The Balaban J connectivity index is 1.90. The monoisotopic (exact) mass is 331 g/mol. The van der Waals surface area contributed by atoms with Crippen LogP contribution in [-0.2, 0) is 22.6 Å². The number of hydrogen-bond donors (Lipinski definition) is 1. The maximum atomic E-state index is 11.4. The third kappa shape index (κ3) is 6.56. The molecule has 130 valence electrons. The fraction of sp³-hybridized carbons (Fsp3) is 0.421. The summed E-state index contributed by atoms with van der Waals surface area (Å²) in [5.41, 5.74) is 1.15. The van der Waals surface area contributed by atoms with Crippen LogP contribution in [0, 0.1) is 0 Å². The van der Waals surface area contributed by atoms with Crippen molar-refractivity contribution in [2.75, 3.05) is 13.2 Å². The summed E-state index contributed by atoms with van der Waals surface area (Å²) in [7, 11) is 0. The van der Waals surface area contributed by atoms with Crippen LogP contribution in [0.5, 0.6) is 0 Å². The predicted octanol–water partition coefficient (Wildman–Crippen LogP) is 2.99. The fourth-order valence-electron chi connectivity index (χ4n) is 2.47. The minimum Gasteiger partial charge on any atom is -0.468 e. The molecule has 1 aromatic heterocycles. The molecular formula is C19H25NO4. The molecule has 5 heteroatoms. The van der Waals surface area contributed by atoms with Crippen LogP contribution in [0.3, 0.4) is 0 Å². The summed E-state index contributed by atoms with van der Waals surface area (Å²) in [6.45, 7) is 3.60. The second kappa shape index (κ2) is 9.90. The van der Waals surface area contributed by atoms with E-state index in [-0.39, 0.29) is 12.6 Å². The van der Waals surface area contributed by atoms with Crippen molar-refractivity contribution < 1.29 is 19.1 Å². The third-order valence-electron chi connectivity index (χ3n) is 3.57. The molecule has 0 fully saturated rings. The predicted molar refractivity (Wildman–Crippen MR) is 91.1 cm³/mol. The molecule has 0 unspecified atom stereocenters. The first-order valence-corrected chi connectivity index (χ1v) is 8.29. The molecular weight excluding hydrogens is 306 g/mol. The third-order valence-corrected chi connectivity index (χ3v) is 3.57. The lowest BCUT2D eigenvalue weighted by molar-refractivity contribution is -0.147. The molecule has 0 saturated carbocycles.